The van der Waals surface area contributed by atoms with E-state index in [4.69, 9.17) is 0 Å². The van der Waals surface area contributed by atoms with Crippen LogP contribution in [0.15, 0.2) is 83.8 Å². The molecule has 1 atom stereocenters. The lowest BCUT2D eigenvalue weighted by Crippen LogP contribution is -2.30. The molecule has 1 aliphatic rings. The van der Waals surface area contributed by atoms with Crippen LogP contribution >= 0.6 is 11.8 Å². The zero-order chi connectivity index (χ0) is 20.4. The van der Waals surface area contributed by atoms with Crippen molar-refractivity contribution in [3.05, 3.63) is 94.5 Å². The molecular weight excluding hydrogens is 408 g/mol. The van der Waals surface area contributed by atoms with Crippen LogP contribution in [0.25, 0.3) is 11.1 Å². The topological polar surface area (TPSA) is 80.5 Å². The van der Waals surface area contributed by atoms with E-state index in [-0.39, 0.29) is 10.6 Å². The Morgan fingerprint density at radius 1 is 0.931 bits per heavy atom. The molecule has 0 N–H and O–H groups in total. The molecule has 1 fully saturated rings. The van der Waals surface area contributed by atoms with Gasteiger partial charge in [-0.05, 0) is 28.8 Å². The summed E-state index contributed by atoms with van der Waals surface area (Å²) in [6.45, 7) is 0.362. The Labute approximate surface area is 173 Å². The number of nitro benzene ring substituents is 1. The molecule has 1 heterocycles. The van der Waals surface area contributed by atoms with Crippen molar-refractivity contribution >= 4 is 27.5 Å². The summed E-state index contributed by atoms with van der Waals surface area (Å²) >= 11 is 1.47. The molecule has 6 nitrogen and oxygen atoms in total. The maximum atomic E-state index is 13.3. The van der Waals surface area contributed by atoms with Crippen LogP contribution in [0.2, 0.25) is 0 Å². The van der Waals surface area contributed by atoms with E-state index in [0.29, 0.717) is 17.9 Å². The molecule has 0 radical (unpaired) electrons. The summed E-state index contributed by atoms with van der Waals surface area (Å²) in [6, 6.07) is 22.8. The Bertz CT molecular complexity index is 1130. The largest absolute Gasteiger partial charge is 0.269 e. The Kier molecular flexibility index (Phi) is 5.40. The van der Waals surface area contributed by atoms with E-state index in [1.54, 1.807) is 36.4 Å². The monoisotopic (exact) mass is 426 g/mol. The van der Waals surface area contributed by atoms with E-state index in [1.165, 1.54) is 28.2 Å². The second-order valence-electron chi connectivity index (χ2n) is 6.58. The summed E-state index contributed by atoms with van der Waals surface area (Å²) in [4.78, 5) is 10.8. The minimum Gasteiger partial charge on any atom is -0.258 e. The zero-order valence-electron chi connectivity index (χ0n) is 15.3. The first-order chi connectivity index (χ1) is 14.0. The van der Waals surface area contributed by atoms with Gasteiger partial charge in [-0.2, -0.15) is 4.31 Å². The molecule has 29 heavy (non-hydrogen) atoms. The highest BCUT2D eigenvalue weighted by Gasteiger charge is 2.37. The minimum atomic E-state index is -3.73. The Hall–Kier alpha value is -2.68. The molecule has 3 aromatic carbocycles. The van der Waals surface area contributed by atoms with Gasteiger partial charge in [-0.15, -0.1) is 11.8 Å². The Morgan fingerprint density at radius 2 is 1.62 bits per heavy atom. The second-order valence-corrected chi connectivity index (χ2v) is 9.66. The number of rotatable bonds is 5. The van der Waals surface area contributed by atoms with Gasteiger partial charge in [0.05, 0.1) is 15.2 Å². The van der Waals surface area contributed by atoms with Crippen molar-refractivity contribution in [1.29, 1.82) is 0 Å². The summed E-state index contributed by atoms with van der Waals surface area (Å²) in [6.07, 6.45) is 0. The molecule has 3 aromatic rings. The van der Waals surface area contributed by atoms with Gasteiger partial charge in [0, 0.05) is 24.4 Å². The van der Waals surface area contributed by atoms with Gasteiger partial charge in [0.25, 0.3) is 5.69 Å². The molecular formula is C21H18N2O4S2. The fourth-order valence-electron chi connectivity index (χ4n) is 3.34. The van der Waals surface area contributed by atoms with E-state index < -0.39 is 20.3 Å². The quantitative estimate of drug-likeness (QED) is 0.436. The van der Waals surface area contributed by atoms with Crippen LogP contribution in [0.4, 0.5) is 5.69 Å². The summed E-state index contributed by atoms with van der Waals surface area (Å²) < 4.78 is 28.0. The van der Waals surface area contributed by atoms with Crippen molar-refractivity contribution in [2.45, 2.75) is 10.3 Å². The SMILES string of the molecule is O=[N+]([O-])c1cccc([C@@H]2SCCN2S(=O)(=O)c2ccc(-c3ccccc3)cc2)c1. The number of hydrogen-bond donors (Lipinski definition) is 0. The van der Waals surface area contributed by atoms with Gasteiger partial charge < -0.3 is 0 Å². The molecule has 0 aliphatic carbocycles. The van der Waals surface area contributed by atoms with Gasteiger partial charge in [-0.25, -0.2) is 8.42 Å². The van der Waals surface area contributed by atoms with Crippen LogP contribution in [-0.2, 0) is 10.0 Å². The molecule has 0 amide bonds. The van der Waals surface area contributed by atoms with Gasteiger partial charge >= 0.3 is 0 Å². The highest BCUT2D eigenvalue weighted by atomic mass is 32.2. The molecule has 148 valence electrons. The first kappa shape index (κ1) is 19.6. The predicted octanol–water partition coefficient (Wildman–Crippen LogP) is 4.70. The maximum absolute atomic E-state index is 13.3. The Morgan fingerprint density at radius 3 is 2.31 bits per heavy atom. The van der Waals surface area contributed by atoms with Gasteiger partial charge in [-0.1, -0.05) is 54.6 Å². The van der Waals surface area contributed by atoms with Crippen LogP contribution in [0, 0.1) is 10.1 Å². The normalized spacial score (nSPS) is 17.3. The zero-order valence-corrected chi connectivity index (χ0v) is 17.0. The number of thioether (sulfide) groups is 1. The average molecular weight is 427 g/mol. The highest BCUT2D eigenvalue weighted by Crippen LogP contribution is 2.42. The van der Waals surface area contributed by atoms with Gasteiger partial charge in [0.2, 0.25) is 10.0 Å². The highest BCUT2D eigenvalue weighted by molar-refractivity contribution is 8.01. The van der Waals surface area contributed by atoms with E-state index in [9.17, 15) is 18.5 Å². The molecule has 0 bridgehead atoms. The standard InChI is InChI=1S/C21H18N2O4S2/c24-23(25)19-8-4-7-18(15-19)21-22(13-14-28-21)29(26,27)20-11-9-17(10-12-20)16-5-2-1-3-6-16/h1-12,15,21H,13-14H2/t21-/m0/s1. The van der Waals surface area contributed by atoms with Crippen LogP contribution in [-0.4, -0.2) is 29.9 Å². The van der Waals surface area contributed by atoms with Crippen LogP contribution < -0.4 is 0 Å². The van der Waals surface area contributed by atoms with Gasteiger partial charge in [0.1, 0.15) is 0 Å². The number of non-ortho nitro benzene ring substituents is 1. The predicted molar refractivity (Wildman–Crippen MR) is 114 cm³/mol. The summed E-state index contributed by atoms with van der Waals surface area (Å²) in [5.74, 6) is 0.634. The minimum absolute atomic E-state index is 0.0421. The van der Waals surface area contributed by atoms with E-state index in [2.05, 4.69) is 0 Å². The third kappa shape index (κ3) is 3.91. The Balaban J connectivity index is 1.64. The molecule has 4 rings (SSSR count). The fraction of sp³-hybridized carbons (Fsp3) is 0.143. The van der Waals surface area contributed by atoms with Crippen molar-refractivity contribution in [3.8, 4) is 11.1 Å². The lowest BCUT2D eigenvalue weighted by atomic mass is 10.1. The molecule has 1 aliphatic heterocycles. The molecule has 1 saturated heterocycles. The first-order valence-corrected chi connectivity index (χ1v) is 11.5. The first-order valence-electron chi connectivity index (χ1n) is 9.00. The molecule has 0 saturated carbocycles. The molecule has 0 spiro atoms. The number of benzene rings is 3. The van der Waals surface area contributed by atoms with Crippen molar-refractivity contribution in [2.75, 3.05) is 12.3 Å². The van der Waals surface area contributed by atoms with E-state index >= 15 is 0 Å². The van der Waals surface area contributed by atoms with Crippen molar-refractivity contribution in [1.82, 2.24) is 4.31 Å². The summed E-state index contributed by atoms with van der Waals surface area (Å²) in [5.41, 5.74) is 2.53. The van der Waals surface area contributed by atoms with Gasteiger partial charge in [0.15, 0.2) is 0 Å². The fourth-order valence-corrected chi connectivity index (χ4v) is 6.57. The van der Waals surface area contributed by atoms with Crippen molar-refractivity contribution < 1.29 is 13.3 Å². The lowest BCUT2D eigenvalue weighted by molar-refractivity contribution is -0.384. The lowest BCUT2D eigenvalue weighted by Gasteiger charge is -2.23. The van der Waals surface area contributed by atoms with E-state index in [0.717, 1.165) is 11.1 Å². The maximum Gasteiger partial charge on any atom is 0.269 e. The second kappa shape index (κ2) is 7.98. The number of nitro groups is 1. The molecule has 0 aromatic heterocycles. The van der Waals surface area contributed by atoms with Crippen LogP contribution in [0.3, 0.4) is 0 Å². The number of hydrogen-bond acceptors (Lipinski definition) is 5. The number of nitrogens with zero attached hydrogens (tertiary/aromatic N) is 2. The molecule has 0 unspecified atom stereocenters. The summed E-state index contributed by atoms with van der Waals surface area (Å²) in [5, 5.41) is 10.6. The average Bonchev–Trinajstić information content (AvgIpc) is 3.25. The summed E-state index contributed by atoms with van der Waals surface area (Å²) in [7, 11) is -3.73. The van der Waals surface area contributed by atoms with Crippen LogP contribution in [0.5, 0.6) is 0 Å². The van der Waals surface area contributed by atoms with Crippen LogP contribution in [0.1, 0.15) is 10.9 Å². The molecule has 8 heteroatoms. The third-order valence-corrected chi connectivity index (χ3v) is 8.06. The number of sulfonamides is 1. The van der Waals surface area contributed by atoms with E-state index in [1.807, 2.05) is 30.3 Å². The third-order valence-electron chi connectivity index (χ3n) is 4.78. The van der Waals surface area contributed by atoms with Crippen molar-refractivity contribution in [3.63, 3.8) is 0 Å². The smallest absolute Gasteiger partial charge is 0.258 e. The van der Waals surface area contributed by atoms with Gasteiger partial charge in [-0.3, -0.25) is 10.1 Å². The van der Waals surface area contributed by atoms with Crippen molar-refractivity contribution in [2.24, 2.45) is 0 Å².